The van der Waals surface area contributed by atoms with Crippen LogP contribution >= 0.6 is 0 Å². The van der Waals surface area contributed by atoms with Gasteiger partial charge in [-0.1, -0.05) is 31.2 Å². The molecule has 5 rings (SSSR count). The summed E-state index contributed by atoms with van der Waals surface area (Å²) in [7, 11) is 0. The van der Waals surface area contributed by atoms with Crippen LogP contribution in [0.5, 0.6) is 0 Å². The number of ether oxygens (including phenoxy) is 1. The Morgan fingerprint density at radius 3 is 2.74 bits per heavy atom. The molecular weight excluding hydrogens is 384 g/mol. The molecule has 0 amide bonds. The normalized spacial score (nSPS) is 36.2. The van der Waals surface area contributed by atoms with Gasteiger partial charge in [-0.15, -0.1) is 0 Å². The quantitative estimate of drug-likeness (QED) is 0.520. The average molecular weight is 423 g/mol. The summed E-state index contributed by atoms with van der Waals surface area (Å²) in [5.41, 5.74) is 5.81. The zero-order chi connectivity index (χ0) is 21.8. The highest BCUT2D eigenvalue weighted by Gasteiger charge is 2.55. The van der Waals surface area contributed by atoms with Gasteiger partial charge in [0, 0.05) is 44.3 Å². The van der Waals surface area contributed by atoms with E-state index in [1.165, 1.54) is 35.2 Å². The van der Waals surface area contributed by atoms with Crippen molar-refractivity contribution in [3.8, 4) is 0 Å². The largest absolute Gasteiger partial charge is 0.462 e. The van der Waals surface area contributed by atoms with Gasteiger partial charge in [-0.2, -0.15) is 0 Å². The molecule has 31 heavy (non-hydrogen) atoms. The maximum absolute atomic E-state index is 12.9. The number of anilines is 1. The molecule has 4 aliphatic rings. The van der Waals surface area contributed by atoms with Crippen molar-refractivity contribution in [3.63, 3.8) is 0 Å². The fourth-order valence-electron chi connectivity index (χ4n) is 6.99. The lowest BCUT2D eigenvalue weighted by Crippen LogP contribution is -2.50. The molecule has 1 aromatic carbocycles. The molecule has 2 heterocycles. The molecule has 2 aliphatic heterocycles. The van der Waals surface area contributed by atoms with Gasteiger partial charge in [0.25, 0.3) is 0 Å². The van der Waals surface area contributed by atoms with Crippen LogP contribution < -0.4 is 4.90 Å². The fourth-order valence-corrected chi connectivity index (χ4v) is 6.99. The Bertz CT molecular complexity index is 872. The third kappa shape index (κ3) is 3.71. The van der Waals surface area contributed by atoms with E-state index >= 15 is 0 Å². The van der Waals surface area contributed by atoms with Crippen LogP contribution in [0.3, 0.4) is 0 Å². The molecule has 0 bridgehead atoms. The van der Waals surface area contributed by atoms with Crippen molar-refractivity contribution >= 4 is 11.7 Å². The molecular formula is C27H38N2O2. The van der Waals surface area contributed by atoms with E-state index in [0.717, 1.165) is 52.0 Å². The maximum atomic E-state index is 12.9. The van der Waals surface area contributed by atoms with Gasteiger partial charge in [0.2, 0.25) is 0 Å². The van der Waals surface area contributed by atoms with Crippen LogP contribution in [-0.4, -0.2) is 49.7 Å². The van der Waals surface area contributed by atoms with Gasteiger partial charge in [-0.05, 0) is 74.5 Å². The Morgan fingerprint density at radius 1 is 1.19 bits per heavy atom. The van der Waals surface area contributed by atoms with Crippen LogP contribution in [0.2, 0.25) is 0 Å². The van der Waals surface area contributed by atoms with E-state index in [0.29, 0.717) is 11.8 Å². The molecule has 168 valence electrons. The Labute approximate surface area is 187 Å². The van der Waals surface area contributed by atoms with Crippen molar-refractivity contribution in [2.75, 3.05) is 37.6 Å². The van der Waals surface area contributed by atoms with Crippen molar-refractivity contribution in [2.45, 2.75) is 59.0 Å². The first kappa shape index (κ1) is 21.1. The fraction of sp³-hybridized carbons (Fsp3) is 0.667. The van der Waals surface area contributed by atoms with Crippen LogP contribution in [0.25, 0.3) is 0 Å². The van der Waals surface area contributed by atoms with Crippen molar-refractivity contribution in [3.05, 3.63) is 41.5 Å². The van der Waals surface area contributed by atoms with Crippen LogP contribution in [-0.2, 0) is 9.53 Å². The Kier molecular flexibility index (Phi) is 5.40. The number of benzene rings is 1. The summed E-state index contributed by atoms with van der Waals surface area (Å²) in [6.07, 6.45) is 5.91. The molecule has 2 saturated heterocycles. The van der Waals surface area contributed by atoms with Gasteiger partial charge in [0.05, 0.1) is 5.92 Å². The summed E-state index contributed by atoms with van der Waals surface area (Å²) >= 11 is 0. The van der Waals surface area contributed by atoms with Gasteiger partial charge in [-0.25, -0.2) is 0 Å². The van der Waals surface area contributed by atoms with E-state index in [-0.39, 0.29) is 23.4 Å². The number of carbonyl (C=O) groups is 1. The van der Waals surface area contributed by atoms with E-state index in [1.54, 1.807) is 0 Å². The SMILES string of the molecule is C=C1CCC[C@]2(C)C[C@H]3OC(=O)[C@@H](CN4CCN(c5cccc(C)c5C)CC4)[C@H]3C[C@@H]12. The number of esters is 1. The second-order valence-corrected chi connectivity index (χ2v) is 10.9. The predicted octanol–water partition coefficient (Wildman–Crippen LogP) is 4.74. The molecule has 0 aromatic heterocycles. The number of allylic oxidation sites excluding steroid dienone is 1. The van der Waals surface area contributed by atoms with Crippen molar-refractivity contribution in [1.82, 2.24) is 4.90 Å². The van der Waals surface area contributed by atoms with E-state index in [1.807, 2.05) is 0 Å². The minimum absolute atomic E-state index is 0.0385. The molecule has 0 spiro atoms. The van der Waals surface area contributed by atoms with Gasteiger partial charge >= 0.3 is 5.97 Å². The molecule has 2 aliphatic carbocycles. The number of aryl methyl sites for hydroxylation is 1. The molecule has 4 nitrogen and oxygen atoms in total. The summed E-state index contributed by atoms with van der Waals surface area (Å²) in [4.78, 5) is 17.9. The lowest BCUT2D eigenvalue weighted by molar-refractivity contribution is -0.146. The van der Waals surface area contributed by atoms with E-state index in [9.17, 15) is 4.79 Å². The molecule has 4 heteroatoms. The minimum atomic E-state index is 0.0385. The number of hydrogen-bond acceptors (Lipinski definition) is 4. The standard InChI is InChI=1S/C27H38N2O2/c1-18-7-5-9-24(20(18)3)29-13-11-28(12-14-29)17-22-21-15-23-19(2)8-6-10-27(23,4)16-25(21)31-26(22)30/h5,7,9,21-23,25H,2,6,8,10-17H2,1,3-4H3/t21-,22+,23+,25-,27-/m1/s1. The molecule has 1 aromatic rings. The van der Waals surface area contributed by atoms with Gasteiger partial charge < -0.3 is 9.64 Å². The Balaban J connectivity index is 1.23. The summed E-state index contributed by atoms with van der Waals surface area (Å²) in [6, 6.07) is 6.59. The smallest absolute Gasteiger partial charge is 0.310 e. The van der Waals surface area contributed by atoms with Crippen LogP contribution in [0.4, 0.5) is 5.69 Å². The highest BCUT2D eigenvalue weighted by molar-refractivity contribution is 5.75. The summed E-state index contributed by atoms with van der Waals surface area (Å²) < 4.78 is 5.98. The number of hydrogen-bond donors (Lipinski definition) is 0. The maximum Gasteiger partial charge on any atom is 0.310 e. The number of fused-ring (bicyclic) bond motifs is 2. The zero-order valence-corrected chi connectivity index (χ0v) is 19.5. The van der Waals surface area contributed by atoms with E-state index in [2.05, 4.69) is 55.3 Å². The third-order valence-corrected chi connectivity index (χ3v) is 9.06. The minimum Gasteiger partial charge on any atom is -0.462 e. The average Bonchev–Trinajstić information content (AvgIpc) is 3.03. The third-order valence-electron chi connectivity index (χ3n) is 9.06. The highest BCUT2D eigenvalue weighted by atomic mass is 16.6. The number of piperazine rings is 1. The molecule has 4 fully saturated rings. The van der Waals surface area contributed by atoms with Gasteiger partial charge in [0.1, 0.15) is 6.10 Å². The highest BCUT2D eigenvalue weighted by Crippen LogP contribution is 2.56. The summed E-state index contributed by atoms with van der Waals surface area (Å²) in [5.74, 6) is 1.04. The molecule has 5 atom stereocenters. The van der Waals surface area contributed by atoms with Gasteiger partial charge in [-0.3, -0.25) is 9.69 Å². The number of rotatable bonds is 3. The lowest BCUT2D eigenvalue weighted by atomic mass is 9.55. The molecule has 0 unspecified atom stereocenters. The number of nitrogens with zero attached hydrogens (tertiary/aromatic N) is 2. The van der Waals surface area contributed by atoms with Crippen LogP contribution in [0.15, 0.2) is 30.4 Å². The van der Waals surface area contributed by atoms with E-state index in [4.69, 9.17) is 4.74 Å². The second-order valence-electron chi connectivity index (χ2n) is 10.9. The summed E-state index contributed by atoms with van der Waals surface area (Å²) in [6.45, 7) is 16.2. The van der Waals surface area contributed by atoms with Crippen LogP contribution in [0, 0.1) is 37.0 Å². The van der Waals surface area contributed by atoms with E-state index < -0.39 is 0 Å². The van der Waals surface area contributed by atoms with Crippen molar-refractivity contribution in [1.29, 1.82) is 0 Å². The number of carbonyl (C=O) groups excluding carboxylic acids is 1. The molecule has 0 N–H and O–H groups in total. The summed E-state index contributed by atoms with van der Waals surface area (Å²) in [5, 5.41) is 0. The molecule has 2 saturated carbocycles. The van der Waals surface area contributed by atoms with Crippen LogP contribution in [0.1, 0.15) is 50.2 Å². The van der Waals surface area contributed by atoms with Gasteiger partial charge in [0.15, 0.2) is 0 Å². The van der Waals surface area contributed by atoms with Crippen molar-refractivity contribution in [2.24, 2.45) is 23.2 Å². The first-order chi connectivity index (χ1) is 14.9. The predicted molar refractivity (Wildman–Crippen MR) is 125 cm³/mol. The lowest BCUT2D eigenvalue weighted by Gasteiger charge is -2.50. The Hall–Kier alpha value is -1.81. The van der Waals surface area contributed by atoms with Crippen molar-refractivity contribution < 1.29 is 9.53 Å². The molecule has 0 radical (unpaired) electrons. The topological polar surface area (TPSA) is 32.8 Å². The second kappa shape index (κ2) is 7.95. The first-order valence-electron chi connectivity index (χ1n) is 12.3. The first-order valence-corrected chi connectivity index (χ1v) is 12.3. The zero-order valence-electron chi connectivity index (χ0n) is 19.5. The monoisotopic (exact) mass is 422 g/mol. The Morgan fingerprint density at radius 2 is 1.97 bits per heavy atom.